The average molecular weight is 142 g/mol. The lowest BCUT2D eigenvalue weighted by Gasteiger charge is -2.40. The molecule has 58 valence electrons. The van der Waals surface area contributed by atoms with E-state index in [1.165, 1.54) is 0 Å². The molecule has 3 nitrogen and oxygen atoms in total. The van der Waals surface area contributed by atoms with Gasteiger partial charge in [0.2, 0.25) is 6.41 Å². The highest BCUT2D eigenvalue weighted by atomic mass is 16.1. The molecule has 10 heavy (non-hydrogen) atoms. The molecule has 0 unspecified atom stereocenters. The zero-order valence-electron chi connectivity index (χ0n) is 6.55. The Hall–Kier alpha value is -0.570. The SMILES string of the molecule is CC1(C)CNCCN1C=O. The molecule has 0 aromatic carbocycles. The molecule has 1 N–H and O–H groups in total. The normalized spacial score (nSPS) is 24.4. The number of piperazine rings is 1. The first-order valence-corrected chi connectivity index (χ1v) is 3.59. The molecular formula is C7H14N2O. The summed E-state index contributed by atoms with van der Waals surface area (Å²) < 4.78 is 0. The summed E-state index contributed by atoms with van der Waals surface area (Å²) in [5.41, 5.74) is 0. The minimum Gasteiger partial charge on any atom is -0.338 e. The van der Waals surface area contributed by atoms with Gasteiger partial charge in [0.05, 0.1) is 0 Å². The third-order valence-electron chi connectivity index (χ3n) is 1.99. The second-order valence-electron chi connectivity index (χ2n) is 3.29. The van der Waals surface area contributed by atoms with E-state index >= 15 is 0 Å². The number of carbonyl (C=O) groups excluding carboxylic acids is 1. The fraction of sp³-hybridized carbons (Fsp3) is 0.857. The number of rotatable bonds is 1. The highest BCUT2D eigenvalue weighted by Gasteiger charge is 2.27. The van der Waals surface area contributed by atoms with Crippen molar-refractivity contribution in [2.24, 2.45) is 0 Å². The Bertz CT molecular complexity index is 134. The number of amides is 1. The van der Waals surface area contributed by atoms with E-state index in [-0.39, 0.29) is 5.54 Å². The minimum atomic E-state index is 0. The maximum absolute atomic E-state index is 10.5. The van der Waals surface area contributed by atoms with E-state index in [0.717, 1.165) is 26.0 Å². The molecule has 1 saturated heterocycles. The summed E-state index contributed by atoms with van der Waals surface area (Å²) in [4.78, 5) is 12.3. The van der Waals surface area contributed by atoms with Gasteiger partial charge in [0, 0.05) is 25.2 Å². The Balaban J connectivity index is 2.59. The molecule has 1 rings (SSSR count). The second-order valence-corrected chi connectivity index (χ2v) is 3.29. The van der Waals surface area contributed by atoms with Gasteiger partial charge >= 0.3 is 0 Å². The predicted molar refractivity (Wildman–Crippen MR) is 39.7 cm³/mol. The fourth-order valence-corrected chi connectivity index (χ4v) is 1.19. The number of carbonyl (C=O) groups is 1. The standard InChI is InChI=1S/C7H14N2O/c1-7(2)5-8-3-4-9(7)6-10/h6,8H,3-5H2,1-2H3. The predicted octanol–water partition coefficient (Wildman–Crippen LogP) is -0.173. The lowest BCUT2D eigenvalue weighted by atomic mass is 10.0. The van der Waals surface area contributed by atoms with Crippen LogP contribution in [0.5, 0.6) is 0 Å². The highest BCUT2D eigenvalue weighted by Crippen LogP contribution is 2.12. The quantitative estimate of drug-likeness (QED) is 0.515. The smallest absolute Gasteiger partial charge is 0.210 e. The van der Waals surface area contributed by atoms with Crippen LogP contribution in [-0.4, -0.2) is 36.5 Å². The Kier molecular flexibility index (Phi) is 1.94. The van der Waals surface area contributed by atoms with Crippen LogP contribution in [0.25, 0.3) is 0 Å². The van der Waals surface area contributed by atoms with Crippen LogP contribution in [0.2, 0.25) is 0 Å². The Morgan fingerprint density at radius 3 is 2.70 bits per heavy atom. The van der Waals surface area contributed by atoms with Crippen LogP contribution in [0.1, 0.15) is 13.8 Å². The maximum atomic E-state index is 10.5. The van der Waals surface area contributed by atoms with Crippen molar-refractivity contribution in [1.29, 1.82) is 0 Å². The largest absolute Gasteiger partial charge is 0.338 e. The summed E-state index contributed by atoms with van der Waals surface area (Å²) in [5, 5.41) is 3.24. The van der Waals surface area contributed by atoms with Crippen molar-refractivity contribution in [3.63, 3.8) is 0 Å². The van der Waals surface area contributed by atoms with Gasteiger partial charge in [-0.15, -0.1) is 0 Å². The Labute approximate surface area is 61.4 Å². The van der Waals surface area contributed by atoms with Crippen LogP contribution in [0.3, 0.4) is 0 Å². The van der Waals surface area contributed by atoms with Crippen LogP contribution < -0.4 is 5.32 Å². The van der Waals surface area contributed by atoms with Gasteiger partial charge in [-0.2, -0.15) is 0 Å². The monoisotopic (exact) mass is 142 g/mol. The van der Waals surface area contributed by atoms with E-state index in [0.29, 0.717) is 0 Å². The summed E-state index contributed by atoms with van der Waals surface area (Å²) in [7, 11) is 0. The first-order chi connectivity index (χ1) is 4.67. The highest BCUT2D eigenvalue weighted by molar-refractivity contribution is 5.49. The molecule has 1 aliphatic heterocycles. The van der Waals surface area contributed by atoms with Crippen LogP contribution in [0, 0.1) is 0 Å². The van der Waals surface area contributed by atoms with Gasteiger partial charge in [-0.3, -0.25) is 4.79 Å². The van der Waals surface area contributed by atoms with Gasteiger partial charge in [0.25, 0.3) is 0 Å². The second kappa shape index (κ2) is 2.58. The van der Waals surface area contributed by atoms with Gasteiger partial charge in [0.15, 0.2) is 0 Å². The van der Waals surface area contributed by atoms with Crippen molar-refractivity contribution in [3.05, 3.63) is 0 Å². The van der Waals surface area contributed by atoms with Crippen molar-refractivity contribution in [2.45, 2.75) is 19.4 Å². The third kappa shape index (κ3) is 1.29. The van der Waals surface area contributed by atoms with E-state index in [1.807, 2.05) is 4.90 Å². The molecule has 0 aliphatic carbocycles. The summed E-state index contributed by atoms with van der Waals surface area (Å²) in [6.45, 7) is 6.77. The fourth-order valence-electron chi connectivity index (χ4n) is 1.19. The van der Waals surface area contributed by atoms with Gasteiger partial charge in [0.1, 0.15) is 0 Å². The van der Waals surface area contributed by atoms with Crippen molar-refractivity contribution in [1.82, 2.24) is 10.2 Å². The summed E-state index contributed by atoms with van der Waals surface area (Å²) >= 11 is 0. The van der Waals surface area contributed by atoms with Crippen molar-refractivity contribution < 1.29 is 4.79 Å². The van der Waals surface area contributed by atoms with E-state index in [1.54, 1.807) is 0 Å². The lowest BCUT2D eigenvalue weighted by molar-refractivity contribution is -0.123. The molecule has 0 aromatic rings. The molecule has 0 aromatic heterocycles. The molecule has 1 fully saturated rings. The Morgan fingerprint density at radius 2 is 2.30 bits per heavy atom. The van der Waals surface area contributed by atoms with Crippen LogP contribution in [0.4, 0.5) is 0 Å². The molecule has 0 atom stereocenters. The lowest BCUT2D eigenvalue weighted by Crippen LogP contribution is -2.57. The first kappa shape index (κ1) is 7.54. The van der Waals surface area contributed by atoms with Crippen molar-refractivity contribution in [2.75, 3.05) is 19.6 Å². The average Bonchev–Trinajstić information content (AvgIpc) is 1.87. The molecule has 0 saturated carbocycles. The van der Waals surface area contributed by atoms with Gasteiger partial charge in [-0.1, -0.05) is 0 Å². The zero-order valence-corrected chi connectivity index (χ0v) is 6.55. The molecule has 0 bridgehead atoms. The summed E-state index contributed by atoms with van der Waals surface area (Å²) in [5.74, 6) is 0. The number of nitrogens with one attached hydrogen (secondary N) is 1. The molecule has 1 amide bonds. The Morgan fingerprint density at radius 1 is 1.60 bits per heavy atom. The summed E-state index contributed by atoms with van der Waals surface area (Å²) in [6.07, 6.45) is 0.931. The first-order valence-electron chi connectivity index (χ1n) is 3.59. The maximum Gasteiger partial charge on any atom is 0.210 e. The zero-order chi connectivity index (χ0) is 7.61. The molecule has 1 heterocycles. The molecular weight excluding hydrogens is 128 g/mol. The minimum absolute atomic E-state index is 0. The number of hydrogen-bond donors (Lipinski definition) is 1. The molecule has 0 radical (unpaired) electrons. The van der Waals surface area contributed by atoms with Crippen molar-refractivity contribution >= 4 is 6.41 Å². The van der Waals surface area contributed by atoms with E-state index in [4.69, 9.17) is 0 Å². The van der Waals surface area contributed by atoms with E-state index < -0.39 is 0 Å². The third-order valence-corrected chi connectivity index (χ3v) is 1.99. The van der Waals surface area contributed by atoms with Gasteiger partial charge in [-0.05, 0) is 13.8 Å². The number of hydrogen-bond acceptors (Lipinski definition) is 2. The molecule has 1 aliphatic rings. The van der Waals surface area contributed by atoms with Gasteiger partial charge < -0.3 is 10.2 Å². The van der Waals surface area contributed by atoms with Crippen molar-refractivity contribution in [3.8, 4) is 0 Å². The topological polar surface area (TPSA) is 32.3 Å². The number of nitrogens with zero attached hydrogens (tertiary/aromatic N) is 1. The van der Waals surface area contributed by atoms with E-state index in [9.17, 15) is 4.79 Å². The molecule has 3 heteroatoms. The van der Waals surface area contributed by atoms with Gasteiger partial charge in [-0.25, -0.2) is 0 Å². The van der Waals surface area contributed by atoms with Crippen LogP contribution in [-0.2, 0) is 4.79 Å². The van der Waals surface area contributed by atoms with Crippen LogP contribution in [0.15, 0.2) is 0 Å². The summed E-state index contributed by atoms with van der Waals surface area (Å²) in [6, 6.07) is 0. The van der Waals surface area contributed by atoms with Crippen LogP contribution >= 0.6 is 0 Å². The molecule has 0 spiro atoms. The van der Waals surface area contributed by atoms with E-state index in [2.05, 4.69) is 19.2 Å².